The van der Waals surface area contributed by atoms with Crippen molar-refractivity contribution in [2.24, 2.45) is 0 Å². The normalized spacial score (nSPS) is 12.0. The lowest BCUT2D eigenvalue weighted by Crippen LogP contribution is -2.34. The maximum atomic E-state index is 11.4. The van der Waals surface area contributed by atoms with Gasteiger partial charge in [-0.25, -0.2) is 0 Å². The molecule has 1 rings (SSSR count). The van der Waals surface area contributed by atoms with E-state index in [9.17, 15) is 4.79 Å². The summed E-state index contributed by atoms with van der Waals surface area (Å²) in [4.78, 5) is 12.8. The molecule has 15 heavy (non-hydrogen) atoms. The third-order valence-electron chi connectivity index (χ3n) is 2.15. The summed E-state index contributed by atoms with van der Waals surface area (Å²) in [6.07, 6.45) is -0.989. The molecule has 1 amide bonds. The minimum absolute atomic E-state index is 0.333. The molecule has 0 spiro atoms. The number of carbonyl (C=O) groups is 1. The highest BCUT2D eigenvalue weighted by Gasteiger charge is 2.15. The van der Waals surface area contributed by atoms with Crippen molar-refractivity contribution in [1.29, 1.82) is 0 Å². The van der Waals surface area contributed by atoms with Crippen LogP contribution in [0.1, 0.15) is 6.92 Å². The minimum atomic E-state index is -0.989. The van der Waals surface area contributed by atoms with Gasteiger partial charge in [0.1, 0.15) is 11.9 Å². The number of hydrogen-bond donors (Lipinski definition) is 1. The van der Waals surface area contributed by atoms with Crippen molar-refractivity contribution >= 4 is 11.6 Å². The number of amides is 1. The summed E-state index contributed by atoms with van der Waals surface area (Å²) >= 11 is 0. The summed E-state index contributed by atoms with van der Waals surface area (Å²) in [5.41, 5.74) is 0.724. The third kappa shape index (κ3) is 2.70. The van der Waals surface area contributed by atoms with Crippen molar-refractivity contribution in [1.82, 2.24) is 0 Å². The standard InChI is InChI=1S/C11H15NO3/c1-8(13)11(14)12(2)9-4-6-10(15-3)7-5-9/h4-8,13H,1-3H3. The Kier molecular flexibility index (Phi) is 3.68. The van der Waals surface area contributed by atoms with Crippen LogP contribution < -0.4 is 9.64 Å². The van der Waals surface area contributed by atoms with Gasteiger partial charge in [-0.2, -0.15) is 0 Å². The second kappa shape index (κ2) is 4.79. The van der Waals surface area contributed by atoms with Crippen LogP contribution in [-0.2, 0) is 4.79 Å². The second-order valence-corrected chi connectivity index (χ2v) is 3.27. The summed E-state index contributed by atoms with van der Waals surface area (Å²) in [5, 5.41) is 9.14. The molecule has 0 bridgehead atoms. The van der Waals surface area contributed by atoms with Gasteiger partial charge >= 0.3 is 0 Å². The van der Waals surface area contributed by atoms with Gasteiger partial charge < -0.3 is 14.7 Å². The van der Waals surface area contributed by atoms with Gasteiger partial charge in [-0.05, 0) is 31.2 Å². The highest BCUT2D eigenvalue weighted by Crippen LogP contribution is 2.18. The van der Waals surface area contributed by atoms with Gasteiger partial charge in [0.2, 0.25) is 0 Å². The molecule has 0 radical (unpaired) electrons. The zero-order chi connectivity index (χ0) is 11.4. The summed E-state index contributed by atoms with van der Waals surface area (Å²) in [6, 6.07) is 7.06. The summed E-state index contributed by atoms with van der Waals surface area (Å²) in [6.45, 7) is 1.45. The molecule has 1 unspecified atom stereocenters. The van der Waals surface area contributed by atoms with E-state index in [0.717, 1.165) is 11.4 Å². The summed E-state index contributed by atoms with van der Waals surface area (Å²) < 4.78 is 5.00. The third-order valence-corrected chi connectivity index (χ3v) is 2.15. The molecule has 4 nitrogen and oxygen atoms in total. The zero-order valence-corrected chi connectivity index (χ0v) is 9.10. The van der Waals surface area contributed by atoms with Crippen LogP contribution in [0.5, 0.6) is 5.75 Å². The second-order valence-electron chi connectivity index (χ2n) is 3.27. The van der Waals surface area contributed by atoms with Crippen LogP contribution >= 0.6 is 0 Å². The Bertz CT molecular complexity index is 332. The van der Waals surface area contributed by atoms with Gasteiger partial charge in [-0.3, -0.25) is 4.79 Å². The van der Waals surface area contributed by atoms with E-state index in [-0.39, 0.29) is 5.91 Å². The average molecular weight is 209 g/mol. The SMILES string of the molecule is COc1ccc(N(C)C(=O)C(C)O)cc1. The molecule has 0 aromatic heterocycles. The lowest BCUT2D eigenvalue weighted by Gasteiger charge is -2.18. The maximum absolute atomic E-state index is 11.4. The Hall–Kier alpha value is -1.55. The van der Waals surface area contributed by atoms with Crippen LogP contribution in [0.15, 0.2) is 24.3 Å². The molecule has 1 aromatic rings. The topological polar surface area (TPSA) is 49.8 Å². The van der Waals surface area contributed by atoms with E-state index in [1.54, 1.807) is 38.4 Å². The molecule has 4 heteroatoms. The first-order valence-corrected chi connectivity index (χ1v) is 4.66. The number of likely N-dealkylation sites (N-methyl/N-ethyl adjacent to an activating group) is 1. The van der Waals surface area contributed by atoms with Crippen molar-refractivity contribution in [3.05, 3.63) is 24.3 Å². The molecule has 0 saturated carbocycles. The molecule has 0 heterocycles. The molecular formula is C11H15NO3. The van der Waals surface area contributed by atoms with Gasteiger partial charge in [-0.15, -0.1) is 0 Å². The van der Waals surface area contributed by atoms with Gasteiger partial charge in [0.25, 0.3) is 5.91 Å². The van der Waals surface area contributed by atoms with E-state index in [1.165, 1.54) is 11.8 Å². The lowest BCUT2D eigenvalue weighted by atomic mass is 10.2. The fraction of sp³-hybridized carbons (Fsp3) is 0.364. The Morgan fingerprint density at radius 1 is 1.40 bits per heavy atom. The van der Waals surface area contributed by atoms with E-state index in [1.807, 2.05) is 0 Å². The molecule has 0 aliphatic rings. The number of nitrogens with zero attached hydrogens (tertiary/aromatic N) is 1. The quantitative estimate of drug-likeness (QED) is 0.809. The van der Waals surface area contributed by atoms with E-state index in [0.29, 0.717) is 0 Å². The first-order chi connectivity index (χ1) is 7.06. The van der Waals surface area contributed by atoms with E-state index >= 15 is 0 Å². The molecule has 1 atom stereocenters. The Labute approximate surface area is 89.1 Å². The monoisotopic (exact) mass is 209 g/mol. The van der Waals surface area contributed by atoms with Crippen LogP contribution in [0.2, 0.25) is 0 Å². The van der Waals surface area contributed by atoms with Crippen molar-refractivity contribution in [3.8, 4) is 5.75 Å². The zero-order valence-electron chi connectivity index (χ0n) is 9.10. The number of ether oxygens (including phenoxy) is 1. The highest BCUT2D eigenvalue weighted by molar-refractivity contribution is 5.95. The predicted octanol–water partition coefficient (Wildman–Crippen LogP) is 1.04. The number of rotatable bonds is 3. The molecular weight excluding hydrogens is 194 g/mol. The van der Waals surface area contributed by atoms with Gasteiger partial charge in [-0.1, -0.05) is 0 Å². The Morgan fingerprint density at radius 3 is 2.33 bits per heavy atom. The van der Waals surface area contributed by atoms with Crippen molar-refractivity contribution in [2.75, 3.05) is 19.1 Å². The number of carbonyl (C=O) groups excluding carboxylic acids is 1. The van der Waals surface area contributed by atoms with Crippen LogP contribution in [0.4, 0.5) is 5.69 Å². The fourth-order valence-electron chi connectivity index (χ4n) is 1.21. The number of hydrogen-bond acceptors (Lipinski definition) is 3. The van der Waals surface area contributed by atoms with Crippen LogP contribution in [0.25, 0.3) is 0 Å². The molecule has 0 saturated heterocycles. The minimum Gasteiger partial charge on any atom is -0.497 e. The maximum Gasteiger partial charge on any atom is 0.255 e. The number of methoxy groups -OCH3 is 1. The Morgan fingerprint density at radius 2 is 1.93 bits per heavy atom. The fourth-order valence-corrected chi connectivity index (χ4v) is 1.21. The molecule has 1 N–H and O–H groups in total. The first-order valence-electron chi connectivity index (χ1n) is 4.66. The van der Waals surface area contributed by atoms with E-state index in [4.69, 9.17) is 9.84 Å². The molecule has 0 aliphatic heterocycles. The predicted molar refractivity (Wildman–Crippen MR) is 58.1 cm³/mol. The van der Waals surface area contributed by atoms with Crippen molar-refractivity contribution in [2.45, 2.75) is 13.0 Å². The lowest BCUT2D eigenvalue weighted by molar-refractivity contribution is -0.125. The van der Waals surface area contributed by atoms with Gasteiger partial charge in [0.15, 0.2) is 0 Å². The number of aliphatic hydroxyl groups excluding tert-OH is 1. The smallest absolute Gasteiger partial charge is 0.255 e. The van der Waals surface area contributed by atoms with Gasteiger partial charge in [0, 0.05) is 12.7 Å². The van der Waals surface area contributed by atoms with Crippen LogP contribution in [0.3, 0.4) is 0 Å². The molecule has 0 fully saturated rings. The Balaban J connectivity index is 2.82. The summed E-state index contributed by atoms with van der Waals surface area (Å²) in [7, 11) is 3.20. The number of aliphatic hydroxyl groups is 1. The first kappa shape index (κ1) is 11.5. The largest absolute Gasteiger partial charge is 0.497 e. The average Bonchev–Trinajstić information content (AvgIpc) is 2.27. The van der Waals surface area contributed by atoms with Crippen LogP contribution in [-0.4, -0.2) is 31.3 Å². The van der Waals surface area contributed by atoms with E-state index in [2.05, 4.69) is 0 Å². The van der Waals surface area contributed by atoms with Crippen molar-refractivity contribution in [3.63, 3.8) is 0 Å². The summed E-state index contributed by atoms with van der Waals surface area (Å²) in [5.74, 6) is 0.400. The van der Waals surface area contributed by atoms with E-state index < -0.39 is 6.10 Å². The number of anilines is 1. The van der Waals surface area contributed by atoms with Gasteiger partial charge in [0.05, 0.1) is 7.11 Å². The molecule has 82 valence electrons. The highest BCUT2D eigenvalue weighted by atomic mass is 16.5. The van der Waals surface area contributed by atoms with Crippen molar-refractivity contribution < 1.29 is 14.6 Å². The molecule has 1 aromatic carbocycles. The van der Waals surface area contributed by atoms with Crippen LogP contribution in [0, 0.1) is 0 Å². The molecule has 0 aliphatic carbocycles. The number of benzene rings is 1.